The standard InChI is InChI=1S/C23H19NO2S/c1-12-8-9-15(10-13(12)2)24-18-11-19(27)14(3)20-21(18)23(26)17-7-5-4-6-16(17)22(20)25/h4-11,24,27H,1-3H3. The Kier molecular flexibility index (Phi) is 4.16. The molecule has 1 aliphatic carbocycles. The molecule has 0 heterocycles. The van der Waals surface area contributed by atoms with Crippen LogP contribution >= 0.6 is 12.6 Å². The van der Waals surface area contributed by atoms with Crippen LogP contribution in [0.15, 0.2) is 53.4 Å². The van der Waals surface area contributed by atoms with Crippen LogP contribution in [0.4, 0.5) is 11.4 Å². The van der Waals surface area contributed by atoms with Crippen molar-refractivity contribution in [3.05, 3.63) is 87.5 Å². The second-order valence-corrected chi connectivity index (χ2v) is 7.43. The minimum absolute atomic E-state index is 0.128. The molecule has 3 aromatic carbocycles. The minimum atomic E-state index is -0.136. The fourth-order valence-electron chi connectivity index (χ4n) is 3.51. The molecule has 0 aromatic heterocycles. The van der Waals surface area contributed by atoms with Crippen molar-refractivity contribution in [1.82, 2.24) is 0 Å². The number of anilines is 2. The van der Waals surface area contributed by atoms with Crippen LogP contribution in [-0.4, -0.2) is 11.6 Å². The maximum absolute atomic E-state index is 13.2. The molecule has 134 valence electrons. The molecular formula is C23H19NO2S. The third kappa shape index (κ3) is 2.77. The van der Waals surface area contributed by atoms with E-state index >= 15 is 0 Å². The van der Waals surface area contributed by atoms with E-state index < -0.39 is 0 Å². The normalized spacial score (nSPS) is 12.6. The van der Waals surface area contributed by atoms with Gasteiger partial charge in [-0.15, -0.1) is 12.6 Å². The van der Waals surface area contributed by atoms with Crippen molar-refractivity contribution in [1.29, 1.82) is 0 Å². The summed E-state index contributed by atoms with van der Waals surface area (Å²) < 4.78 is 0. The number of fused-ring (bicyclic) bond motifs is 2. The number of carbonyl (C=O) groups is 2. The molecule has 27 heavy (non-hydrogen) atoms. The van der Waals surface area contributed by atoms with Gasteiger partial charge in [-0.2, -0.15) is 0 Å². The van der Waals surface area contributed by atoms with Gasteiger partial charge in [-0.1, -0.05) is 30.3 Å². The molecule has 0 amide bonds. The summed E-state index contributed by atoms with van der Waals surface area (Å²) in [6.07, 6.45) is 0. The largest absolute Gasteiger partial charge is 0.355 e. The number of hydrogen-bond acceptors (Lipinski definition) is 4. The highest BCUT2D eigenvalue weighted by molar-refractivity contribution is 7.80. The lowest BCUT2D eigenvalue weighted by molar-refractivity contribution is 0.0979. The van der Waals surface area contributed by atoms with Gasteiger partial charge in [-0.25, -0.2) is 0 Å². The van der Waals surface area contributed by atoms with Gasteiger partial charge in [0.25, 0.3) is 0 Å². The zero-order valence-electron chi connectivity index (χ0n) is 15.4. The van der Waals surface area contributed by atoms with E-state index in [9.17, 15) is 9.59 Å². The van der Waals surface area contributed by atoms with E-state index in [0.29, 0.717) is 32.8 Å². The van der Waals surface area contributed by atoms with E-state index in [1.165, 1.54) is 5.56 Å². The minimum Gasteiger partial charge on any atom is -0.355 e. The van der Waals surface area contributed by atoms with E-state index in [2.05, 4.69) is 24.9 Å². The van der Waals surface area contributed by atoms with Crippen molar-refractivity contribution < 1.29 is 9.59 Å². The molecule has 0 spiro atoms. The molecule has 0 fully saturated rings. The number of thiol groups is 1. The topological polar surface area (TPSA) is 46.2 Å². The second-order valence-electron chi connectivity index (χ2n) is 6.95. The Labute approximate surface area is 163 Å². The zero-order valence-corrected chi connectivity index (χ0v) is 16.3. The van der Waals surface area contributed by atoms with Crippen molar-refractivity contribution in [3.63, 3.8) is 0 Å². The predicted molar refractivity (Wildman–Crippen MR) is 111 cm³/mol. The molecule has 0 bridgehead atoms. The first kappa shape index (κ1) is 17.6. The highest BCUT2D eigenvalue weighted by Gasteiger charge is 2.33. The number of aryl methyl sites for hydroxylation is 2. The highest BCUT2D eigenvalue weighted by atomic mass is 32.1. The lowest BCUT2D eigenvalue weighted by atomic mass is 9.81. The van der Waals surface area contributed by atoms with Crippen LogP contribution < -0.4 is 5.32 Å². The first-order chi connectivity index (χ1) is 12.9. The van der Waals surface area contributed by atoms with E-state index in [-0.39, 0.29) is 11.6 Å². The lowest BCUT2D eigenvalue weighted by Crippen LogP contribution is -2.23. The van der Waals surface area contributed by atoms with Gasteiger partial charge in [0.05, 0.1) is 11.3 Å². The zero-order chi connectivity index (χ0) is 19.3. The molecule has 0 unspecified atom stereocenters. The molecule has 1 N–H and O–H groups in total. The molecule has 0 radical (unpaired) electrons. The molecule has 4 heteroatoms. The van der Waals surface area contributed by atoms with Gasteiger partial charge in [0.2, 0.25) is 0 Å². The Bertz CT molecular complexity index is 1130. The van der Waals surface area contributed by atoms with E-state index in [1.54, 1.807) is 24.3 Å². The van der Waals surface area contributed by atoms with Crippen LogP contribution in [-0.2, 0) is 0 Å². The third-order valence-corrected chi connectivity index (χ3v) is 5.68. The number of benzene rings is 3. The molecule has 3 aromatic rings. The third-order valence-electron chi connectivity index (χ3n) is 5.22. The van der Waals surface area contributed by atoms with Crippen LogP contribution in [0.25, 0.3) is 0 Å². The molecule has 0 atom stereocenters. The summed E-state index contributed by atoms with van der Waals surface area (Å²) in [6, 6.07) is 14.8. The maximum atomic E-state index is 13.2. The summed E-state index contributed by atoms with van der Waals surface area (Å²) in [5.74, 6) is -0.264. The number of carbonyl (C=O) groups excluding carboxylic acids is 2. The number of nitrogens with one attached hydrogen (secondary N) is 1. The average Bonchev–Trinajstić information content (AvgIpc) is 2.65. The first-order valence-corrected chi connectivity index (χ1v) is 9.22. The van der Waals surface area contributed by atoms with Crippen LogP contribution in [0.2, 0.25) is 0 Å². The Morgan fingerprint density at radius 2 is 1.41 bits per heavy atom. The van der Waals surface area contributed by atoms with Gasteiger partial charge in [0.1, 0.15) is 0 Å². The number of rotatable bonds is 2. The molecule has 0 saturated heterocycles. The van der Waals surface area contributed by atoms with Crippen LogP contribution in [0.1, 0.15) is 48.5 Å². The van der Waals surface area contributed by atoms with E-state index in [4.69, 9.17) is 0 Å². The van der Waals surface area contributed by atoms with Crippen molar-refractivity contribution in [2.75, 3.05) is 5.32 Å². The Hall–Kier alpha value is -2.85. The maximum Gasteiger partial charge on any atom is 0.196 e. The summed E-state index contributed by atoms with van der Waals surface area (Å²) in [5, 5.41) is 3.33. The smallest absolute Gasteiger partial charge is 0.196 e. The first-order valence-electron chi connectivity index (χ1n) is 8.77. The summed E-state index contributed by atoms with van der Waals surface area (Å²) >= 11 is 4.54. The summed E-state index contributed by atoms with van der Waals surface area (Å²) in [4.78, 5) is 27.0. The Balaban J connectivity index is 1.92. The molecule has 0 aliphatic heterocycles. The van der Waals surface area contributed by atoms with Gasteiger partial charge in [0.15, 0.2) is 11.6 Å². The second kappa shape index (κ2) is 6.39. The predicted octanol–water partition coefficient (Wildman–Crippen LogP) is 5.42. The SMILES string of the molecule is Cc1ccc(Nc2cc(S)c(C)c3c2C(=O)c2ccccc2C3=O)cc1C. The fourth-order valence-corrected chi connectivity index (χ4v) is 3.75. The van der Waals surface area contributed by atoms with Gasteiger partial charge in [0, 0.05) is 27.3 Å². The molecule has 1 aliphatic rings. The summed E-state index contributed by atoms with van der Waals surface area (Å²) in [5.41, 5.74) is 6.32. The Morgan fingerprint density at radius 3 is 2.04 bits per heavy atom. The molecule has 3 nitrogen and oxygen atoms in total. The van der Waals surface area contributed by atoms with E-state index in [0.717, 1.165) is 16.8 Å². The van der Waals surface area contributed by atoms with Crippen LogP contribution in [0, 0.1) is 20.8 Å². The molecular weight excluding hydrogens is 354 g/mol. The van der Waals surface area contributed by atoms with Crippen molar-refractivity contribution >= 4 is 35.6 Å². The fraction of sp³-hybridized carbons (Fsp3) is 0.130. The van der Waals surface area contributed by atoms with Crippen molar-refractivity contribution in [2.45, 2.75) is 25.7 Å². The van der Waals surface area contributed by atoms with E-state index in [1.807, 2.05) is 38.1 Å². The quantitative estimate of drug-likeness (QED) is 0.461. The summed E-state index contributed by atoms with van der Waals surface area (Å²) in [6.45, 7) is 5.93. The molecule has 0 saturated carbocycles. The number of ketones is 2. The van der Waals surface area contributed by atoms with Gasteiger partial charge < -0.3 is 5.32 Å². The highest BCUT2D eigenvalue weighted by Crippen LogP contribution is 2.38. The number of hydrogen-bond donors (Lipinski definition) is 2. The Morgan fingerprint density at radius 1 is 0.778 bits per heavy atom. The molecule has 4 rings (SSSR count). The van der Waals surface area contributed by atoms with Crippen LogP contribution in [0.5, 0.6) is 0 Å². The average molecular weight is 373 g/mol. The summed E-state index contributed by atoms with van der Waals surface area (Å²) in [7, 11) is 0. The van der Waals surface area contributed by atoms with Crippen molar-refractivity contribution in [3.8, 4) is 0 Å². The lowest BCUT2D eigenvalue weighted by Gasteiger charge is -2.23. The van der Waals surface area contributed by atoms with Gasteiger partial charge in [-0.05, 0) is 55.7 Å². The monoisotopic (exact) mass is 373 g/mol. The van der Waals surface area contributed by atoms with Gasteiger partial charge in [-0.3, -0.25) is 9.59 Å². The van der Waals surface area contributed by atoms with Crippen LogP contribution in [0.3, 0.4) is 0 Å². The van der Waals surface area contributed by atoms with Crippen molar-refractivity contribution in [2.24, 2.45) is 0 Å². The van der Waals surface area contributed by atoms with Gasteiger partial charge >= 0.3 is 0 Å².